The molecule has 0 amide bonds. The maximum Gasteiger partial charge on any atom is 0.213 e. The average molecular weight is 467 g/mol. The van der Waals surface area contributed by atoms with Crippen molar-refractivity contribution in [2.75, 3.05) is 13.7 Å². The fourth-order valence-electron chi connectivity index (χ4n) is 1.74. The van der Waals surface area contributed by atoms with Crippen molar-refractivity contribution in [3.05, 3.63) is 49.1 Å². The monoisotopic (exact) mass is 464 g/mol. The predicted octanol–water partition coefficient (Wildman–Crippen LogP) is 4.05. The van der Waals surface area contributed by atoms with Gasteiger partial charge in [0.05, 0.1) is 23.8 Å². The maximum atomic E-state index is 12.7. The fraction of sp³-hybridized carbons (Fsp3) is 0.231. The first-order valence-electron chi connectivity index (χ1n) is 5.74. The second-order valence-corrected chi connectivity index (χ2v) is 6.63. The SMILES string of the molecule is COCCn1ncc(Br)c1C(=O)c1ccc(Br)cc1Br. The molecule has 0 N–H and O–H groups in total. The van der Waals surface area contributed by atoms with Crippen LogP contribution in [0.4, 0.5) is 0 Å². The molecule has 1 aromatic carbocycles. The summed E-state index contributed by atoms with van der Waals surface area (Å²) < 4.78 is 9.00. The van der Waals surface area contributed by atoms with Gasteiger partial charge in [-0.2, -0.15) is 5.10 Å². The minimum absolute atomic E-state index is 0.0927. The van der Waals surface area contributed by atoms with E-state index in [1.54, 1.807) is 24.1 Å². The zero-order valence-corrected chi connectivity index (χ0v) is 15.3. The summed E-state index contributed by atoms with van der Waals surface area (Å²) in [6.07, 6.45) is 1.62. The van der Waals surface area contributed by atoms with Gasteiger partial charge in [0.2, 0.25) is 5.78 Å². The van der Waals surface area contributed by atoms with Gasteiger partial charge in [-0.05, 0) is 50.1 Å². The second-order valence-electron chi connectivity index (χ2n) is 4.01. The van der Waals surface area contributed by atoms with E-state index < -0.39 is 0 Å². The van der Waals surface area contributed by atoms with Crippen molar-refractivity contribution in [1.29, 1.82) is 0 Å². The van der Waals surface area contributed by atoms with Crippen LogP contribution in [0.5, 0.6) is 0 Å². The van der Waals surface area contributed by atoms with Gasteiger partial charge in [-0.15, -0.1) is 0 Å². The van der Waals surface area contributed by atoms with Gasteiger partial charge in [-0.3, -0.25) is 9.48 Å². The zero-order valence-electron chi connectivity index (χ0n) is 10.6. The molecule has 1 aromatic heterocycles. The Morgan fingerprint density at radius 3 is 2.70 bits per heavy atom. The highest BCUT2D eigenvalue weighted by atomic mass is 79.9. The molecule has 0 aliphatic heterocycles. The van der Waals surface area contributed by atoms with E-state index in [0.29, 0.717) is 28.9 Å². The molecule has 7 heteroatoms. The van der Waals surface area contributed by atoms with Crippen molar-refractivity contribution in [2.24, 2.45) is 0 Å². The molecule has 2 rings (SSSR count). The van der Waals surface area contributed by atoms with Gasteiger partial charge in [-0.1, -0.05) is 15.9 Å². The summed E-state index contributed by atoms with van der Waals surface area (Å²) in [5, 5.41) is 4.19. The van der Waals surface area contributed by atoms with Gasteiger partial charge in [0.1, 0.15) is 5.69 Å². The van der Waals surface area contributed by atoms with Crippen molar-refractivity contribution in [1.82, 2.24) is 9.78 Å². The molecule has 20 heavy (non-hydrogen) atoms. The number of carbonyl (C=O) groups excluding carboxylic acids is 1. The van der Waals surface area contributed by atoms with E-state index in [-0.39, 0.29) is 5.78 Å². The lowest BCUT2D eigenvalue weighted by Gasteiger charge is -2.08. The van der Waals surface area contributed by atoms with Crippen LogP contribution in [0.1, 0.15) is 16.1 Å². The summed E-state index contributed by atoms with van der Waals surface area (Å²) in [7, 11) is 1.62. The van der Waals surface area contributed by atoms with Gasteiger partial charge in [-0.25, -0.2) is 0 Å². The van der Waals surface area contributed by atoms with E-state index in [4.69, 9.17) is 4.74 Å². The van der Waals surface area contributed by atoms with Gasteiger partial charge in [0.15, 0.2) is 0 Å². The summed E-state index contributed by atoms with van der Waals surface area (Å²) in [6.45, 7) is 1.02. The number of ketones is 1. The summed E-state index contributed by atoms with van der Waals surface area (Å²) >= 11 is 10.2. The van der Waals surface area contributed by atoms with Crippen LogP contribution < -0.4 is 0 Å². The number of ether oxygens (including phenoxy) is 1. The van der Waals surface area contributed by atoms with Gasteiger partial charge >= 0.3 is 0 Å². The summed E-state index contributed by atoms with van der Waals surface area (Å²) in [5.41, 5.74) is 1.11. The highest BCUT2D eigenvalue weighted by molar-refractivity contribution is 9.11. The van der Waals surface area contributed by atoms with E-state index >= 15 is 0 Å². The van der Waals surface area contributed by atoms with Gasteiger partial charge < -0.3 is 4.74 Å². The van der Waals surface area contributed by atoms with Crippen LogP contribution in [0, 0.1) is 0 Å². The van der Waals surface area contributed by atoms with Crippen molar-refractivity contribution in [2.45, 2.75) is 6.54 Å². The molecule has 0 atom stereocenters. The van der Waals surface area contributed by atoms with E-state index in [9.17, 15) is 4.79 Å². The van der Waals surface area contributed by atoms with Crippen LogP contribution in [0.2, 0.25) is 0 Å². The molecule has 0 unspecified atom stereocenters. The van der Waals surface area contributed by atoms with Crippen molar-refractivity contribution in [3.63, 3.8) is 0 Å². The molecule has 4 nitrogen and oxygen atoms in total. The number of aromatic nitrogens is 2. The Bertz CT molecular complexity index is 641. The predicted molar refractivity (Wildman–Crippen MR) is 87.1 cm³/mol. The third-order valence-electron chi connectivity index (χ3n) is 2.69. The molecule has 106 valence electrons. The normalized spacial score (nSPS) is 10.8. The van der Waals surface area contributed by atoms with Gasteiger partial charge in [0, 0.05) is 21.6 Å². The van der Waals surface area contributed by atoms with E-state index in [0.717, 1.165) is 8.95 Å². The molecule has 0 fully saturated rings. The molecule has 0 aliphatic rings. The largest absolute Gasteiger partial charge is 0.383 e. The standard InChI is InChI=1S/C13H11Br3N2O2/c1-20-5-4-18-12(11(16)7-17-18)13(19)9-3-2-8(14)6-10(9)15/h2-3,6-7H,4-5H2,1H3. The highest BCUT2D eigenvalue weighted by Crippen LogP contribution is 2.27. The molecule has 0 radical (unpaired) electrons. The number of rotatable bonds is 5. The lowest BCUT2D eigenvalue weighted by molar-refractivity contribution is 0.102. The quantitative estimate of drug-likeness (QED) is 0.624. The van der Waals surface area contributed by atoms with Gasteiger partial charge in [0.25, 0.3) is 0 Å². The number of halogens is 3. The Balaban J connectivity index is 2.40. The van der Waals surface area contributed by atoms with Crippen LogP contribution in [-0.4, -0.2) is 29.3 Å². The first-order valence-corrected chi connectivity index (χ1v) is 8.12. The van der Waals surface area contributed by atoms with Crippen LogP contribution >= 0.6 is 47.8 Å². The van der Waals surface area contributed by atoms with E-state index in [2.05, 4.69) is 52.9 Å². The Kier molecular flexibility index (Phi) is 5.54. The zero-order chi connectivity index (χ0) is 14.7. The minimum Gasteiger partial charge on any atom is -0.383 e. The van der Waals surface area contributed by atoms with Crippen molar-refractivity contribution in [3.8, 4) is 0 Å². The molecule has 2 aromatic rings. The Morgan fingerprint density at radius 2 is 2.05 bits per heavy atom. The smallest absolute Gasteiger partial charge is 0.213 e. The van der Waals surface area contributed by atoms with Crippen LogP contribution in [0.3, 0.4) is 0 Å². The minimum atomic E-state index is -0.0927. The number of hydrogen-bond donors (Lipinski definition) is 0. The summed E-state index contributed by atoms with van der Waals surface area (Å²) in [4.78, 5) is 12.7. The molecular weight excluding hydrogens is 456 g/mol. The third kappa shape index (κ3) is 3.39. The first-order chi connectivity index (χ1) is 9.54. The maximum absolute atomic E-state index is 12.7. The fourth-order valence-corrected chi connectivity index (χ4v) is 3.44. The van der Waals surface area contributed by atoms with Crippen LogP contribution in [0.25, 0.3) is 0 Å². The molecule has 0 bridgehead atoms. The molecule has 0 saturated carbocycles. The molecule has 0 spiro atoms. The molecular formula is C13H11Br3N2O2. The number of benzene rings is 1. The first kappa shape index (κ1) is 15.9. The average Bonchev–Trinajstić information content (AvgIpc) is 2.77. The van der Waals surface area contributed by atoms with Crippen LogP contribution in [0.15, 0.2) is 37.8 Å². The molecule has 1 heterocycles. The van der Waals surface area contributed by atoms with E-state index in [1.807, 2.05) is 12.1 Å². The van der Waals surface area contributed by atoms with Crippen molar-refractivity contribution < 1.29 is 9.53 Å². The lowest BCUT2D eigenvalue weighted by atomic mass is 10.1. The third-order valence-corrected chi connectivity index (χ3v) is 4.42. The second kappa shape index (κ2) is 6.98. The number of hydrogen-bond acceptors (Lipinski definition) is 3. The summed E-state index contributed by atoms with van der Waals surface area (Å²) in [5.74, 6) is -0.0927. The highest BCUT2D eigenvalue weighted by Gasteiger charge is 2.20. The topological polar surface area (TPSA) is 44.1 Å². The van der Waals surface area contributed by atoms with Crippen molar-refractivity contribution >= 4 is 53.6 Å². The van der Waals surface area contributed by atoms with Crippen LogP contribution in [-0.2, 0) is 11.3 Å². The Labute approximate surface area is 141 Å². The molecule has 0 aliphatic carbocycles. The Hall–Kier alpha value is -0.500. The van der Waals surface area contributed by atoms with E-state index in [1.165, 1.54) is 0 Å². The lowest BCUT2D eigenvalue weighted by Crippen LogP contribution is -2.15. The number of carbonyl (C=O) groups is 1. The summed E-state index contributed by atoms with van der Waals surface area (Å²) in [6, 6.07) is 5.45. The Morgan fingerprint density at radius 1 is 1.30 bits per heavy atom. The number of nitrogens with zero attached hydrogens (tertiary/aromatic N) is 2. The molecule has 0 saturated heterocycles. The number of methoxy groups -OCH3 is 1.